The number of oxazole rings is 1. The van der Waals surface area contributed by atoms with Crippen molar-refractivity contribution < 1.29 is 9.52 Å². The van der Waals surface area contributed by atoms with Crippen LogP contribution in [0.1, 0.15) is 30.4 Å². The monoisotopic (exact) mass is 141 g/mol. The smallest absolute Gasteiger partial charge is 0.223 e. The fourth-order valence-electron chi connectivity index (χ4n) is 0.676. The van der Waals surface area contributed by atoms with Crippen LogP contribution in [0, 0.1) is 13.8 Å². The lowest BCUT2D eigenvalue weighted by Gasteiger charge is -1.93. The van der Waals surface area contributed by atoms with E-state index in [1.165, 1.54) is 0 Å². The van der Waals surface area contributed by atoms with Crippen molar-refractivity contribution >= 4 is 0 Å². The maximum Gasteiger partial charge on any atom is 0.223 e. The molecule has 3 heteroatoms. The normalized spacial score (nSPS) is 13.6. The molecule has 0 saturated heterocycles. The minimum Gasteiger partial charge on any atom is -0.443 e. The van der Waals surface area contributed by atoms with Crippen molar-refractivity contribution in [3.05, 3.63) is 17.3 Å². The Morgan fingerprint density at radius 3 is 2.30 bits per heavy atom. The standard InChI is InChI=1S/C7H11NO2/c1-4-6(3)10-7(8-4)5(2)9/h5,9H,1-3H3/t5-/m1/s1. The Hall–Kier alpha value is -0.830. The second kappa shape index (κ2) is 2.42. The van der Waals surface area contributed by atoms with E-state index in [2.05, 4.69) is 4.98 Å². The Balaban J connectivity index is 2.98. The van der Waals surface area contributed by atoms with E-state index in [4.69, 9.17) is 9.52 Å². The zero-order valence-corrected chi connectivity index (χ0v) is 6.38. The Morgan fingerprint density at radius 1 is 1.50 bits per heavy atom. The molecule has 0 aliphatic heterocycles. The molecule has 1 heterocycles. The van der Waals surface area contributed by atoms with Gasteiger partial charge in [-0.15, -0.1) is 0 Å². The van der Waals surface area contributed by atoms with Gasteiger partial charge in [-0.05, 0) is 20.8 Å². The number of hydrogen-bond acceptors (Lipinski definition) is 3. The molecule has 0 radical (unpaired) electrons. The van der Waals surface area contributed by atoms with Gasteiger partial charge in [-0.1, -0.05) is 0 Å². The maximum absolute atomic E-state index is 9.01. The molecular formula is C7H11NO2. The molecule has 1 atom stereocenters. The van der Waals surface area contributed by atoms with Gasteiger partial charge in [0.1, 0.15) is 11.9 Å². The van der Waals surface area contributed by atoms with Crippen LogP contribution in [-0.2, 0) is 0 Å². The van der Waals surface area contributed by atoms with Crippen LogP contribution >= 0.6 is 0 Å². The number of aliphatic hydroxyl groups excluding tert-OH is 1. The Bertz CT molecular complexity index is 208. The molecule has 0 amide bonds. The van der Waals surface area contributed by atoms with Gasteiger partial charge in [-0.3, -0.25) is 0 Å². The highest BCUT2D eigenvalue weighted by Gasteiger charge is 2.09. The van der Waals surface area contributed by atoms with Gasteiger partial charge in [-0.25, -0.2) is 4.98 Å². The van der Waals surface area contributed by atoms with Crippen LogP contribution in [0.5, 0.6) is 0 Å². The van der Waals surface area contributed by atoms with Gasteiger partial charge in [0.05, 0.1) is 5.69 Å². The number of hydrogen-bond donors (Lipinski definition) is 1. The summed E-state index contributed by atoms with van der Waals surface area (Å²) < 4.78 is 5.11. The van der Waals surface area contributed by atoms with Crippen LogP contribution in [0.2, 0.25) is 0 Å². The molecule has 0 bridgehead atoms. The highest BCUT2D eigenvalue weighted by molar-refractivity contribution is 5.05. The number of rotatable bonds is 1. The summed E-state index contributed by atoms with van der Waals surface area (Å²) in [7, 11) is 0. The van der Waals surface area contributed by atoms with Gasteiger partial charge in [-0.2, -0.15) is 0 Å². The van der Waals surface area contributed by atoms with Gasteiger partial charge in [0, 0.05) is 0 Å². The second-order valence-electron chi connectivity index (χ2n) is 2.37. The molecule has 3 nitrogen and oxygen atoms in total. The minimum atomic E-state index is -0.604. The molecular weight excluding hydrogens is 130 g/mol. The highest BCUT2D eigenvalue weighted by Crippen LogP contribution is 2.14. The molecule has 1 rings (SSSR count). The van der Waals surface area contributed by atoms with E-state index in [1.807, 2.05) is 13.8 Å². The molecule has 1 aromatic rings. The summed E-state index contributed by atoms with van der Waals surface area (Å²) in [6.07, 6.45) is -0.604. The lowest BCUT2D eigenvalue weighted by Crippen LogP contribution is -1.89. The van der Waals surface area contributed by atoms with Gasteiger partial charge < -0.3 is 9.52 Å². The van der Waals surface area contributed by atoms with E-state index in [0.29, 0.717) is 5.89 Å². The zero-order valence-electron chi connectivity index (χ0n) is 6.38. The predicted molar refractivity (Wildman–Crippen MR) is 36.6 cm³/mol. The van der Waals surface area contributed by atoms with Crippen LogP contribution in [-0.4, -0.2) is 10.1 Å². The molecule has 0 aromatic carbocycles. The Labute approximate surface area is 59.7 Å². The molecule has 0 fully saturated rings. The van der Waals surface area contributed by atoms with Gasteiger partial charge in [0.25, 0.3) is 0 Å². The molecule has 0 unspecified atom stereocenters. The van der Waals surface area contributed by atoms with E-state index in [0.717, 1.165) is 11.5 Å². The Morgan fingerprint density at radius 2 is 2.10 bits per heavy atom. The molecule has 0 spiro atoms. The third kappa shape index (κ3) is 1.19. The number of aliphatic hydroxyl groups is 1. The van der Waals surface area contributed by atoms with Gasteiger partial charge >= 0.3 is 0 Å². The number of nitrogens with zero attached hydrogens (tertiary/aromatic N) is 1. The van der Waals surface area contributed by atoms with E-state index in [-0.39, 0.29) is 0 Å². The first-order chi connectivity index (χ1) is 4.61. The van der Waals surface area contributed by atoms with Crippen LogP contribution < -0.4 is 0 Å². The van der Waals surface area contributed by atoms with E-state index < -0.39 is 6.10 Å². The summed E-state index contributed by atoms with van der Waals surface area (Å²) in [5.74, 6) is 1.17. The first-order valence-electron chi connectivity index (χ1n) is 3.23. The van der Waals surface area contributed by atoms with Crippen molar-refractivity contribution in [2.75, 3.05) is 0 Å². The van der Waals surface area contributed by atoms with Crippen molar-refractivity contribution in [3.63, 3.8) is 0 Å². The molecule has 56 valence electrons. The molecule has 1 N–H and O–H groups in total. The molecule has 1 aromatic heterocycles. The van der Waals surface area contributed by atoms with Crippen molar-refractivity contribution in [1.82, 2.24) is 4.98 Å². The lowest BCUT2D eigenvalue weighted by molar-refractivity contribution is 0.161. The Kier molecular flexibility index (Phi) is 1.76. The van der Waals surface area contributed by atoms with Gasteiger partial charge in [0.15, 0.2) is 0 Å². The topological polar surface area (TPSA) is 46.3 Å². The average Bonchev–Trinajstić information content (AvgIpc) is 2.13. The third-order valence-electron chi connectivity index (χ3n) is 1.40. The average molecular weight is 141 g/mol. The number of aryl methyl sites for hydroxylation is 2. The molecule has 10 heavy (non-hydrogen) atoms. The fourth-order valence-corrected chi connectivity index (χ4v) is 0.676. The van der Waals surface area contributed by atoms with Crippen LogP contribution in [0.25, 0.3) is 0 Å². The second-order valence-corrected chi connectivity index (χ2v) is 2.37. The van der Waals surface area contributed by atoms with Crippen molar-refractivity contribution in [3.8, 4) is 0 Å². The minimum absolute atomic E-state index is 0.398. The predicted octanol–water partition coefficient (Wildman–Crippen LogP) is 1.34. The highest BCUT2D eigenvalue weighted by atomic mass is 16.4. The van der Waals surface area contributed by atoms with E-state index in [9.17, 15) is 0 Å². The summed E-state index contributed by atoms with van der Waals surface area (Å²) in [5.41, 5.74) is 0.843. The summed E-state index contributed by atoms with van der Waals surface area (Å²) in [5, 5.41) is 9.01. The van der Waals surface area contributed by atoms with E-state index >= 15 is 0 Å². The zero-order chi connectivity index (χ0) is 7.72. The molecule has 0 saturated carbocycles. The fraction of sp³-hybridized carbons (Fsp3) is 0.571. The molecule has 0 aliphatic carbocycles. The quantitative estimate of drug-likeness (QED) is 0.642. The first-order valence-corrected chi connectivity index (χ1v) is 3.23. The first kappa shape index (κ1) is 7.28. The summed E-state index contributed by atoms with van der Waals surface area (Å²) in [6.45, 7) is 5.31. The SMILES string of the molecule is Cc1nc([C@@H](C)O)oc1C. The van der Waals surface area contributed by atoms with E-state index in [1.54, 1.807) is 6.92 Å². The van der Waals surface area contributed by atoms with Crippen LogP contribution in [0.15, 0.2) is 4.42 Å². The maximum atomic E-state index is 9.01. The van der Waals surface area contributed by atoms with Crippen LogP contribution in [0.4, 0.5) is 0 Å². The van der Waals surface area contributed by atoms with Gasteiger partial charge in [0.2, 0.25) is 5.89 Å². The summed E-state index contributed by atoms with van der Waals surface area (Å²) in [4.78, 5) is 3.99. The van der Waals surface area contributed by atoms with Crippen molar-refractivity contribution in [2.24, 2.45) is 0 Å². The largest absolute Gasteiger partial charge is 0.443 e. The number of aromatic nitrogens is 1. The lowest BCUT2D eigenvalue weighted by atomic mass is 10.4. The van der Waals surface area contributed by atoms with Crippen molar-refractivity contribution in [1.29, 1.82) is 0 Å². The van der Waals surface area contributed by atoms with Crippen LogP contribution in [0.3, 0.4) is 0 Å². The third-order valence-corrected chi connectivity index (χ3v) is 1.40. The molecule has 0 aliphatic rings. The summed E-state index contributed by atoms with van der Waals surface area (Å²) >= 11 is 0. The summed E-state index contributed by atoms with van der Waals surface area (Å²) in [6, 6.07) is 0. The van der Waals surface area contributed by atoms with Crippen molar-refractivity contribution in [2.45, 2.75) is 26.9 Å².